The molecule has 2 aromatic rings. The number of anilines is 2. The highest BCUT2D eigenvalue weighted by Crippen LogP contribution is 2.38. The zero-order valence-electron chi connectivity index (χ0n) is 20.8. The average Bonchev–Trinajstić information content (AvgIpc) is 2.88. The number of carbonyl (C=O) groups is 1. The summed E-state index contributed by atoms with van der Waals surface area (Å²) in [5, 5.41) is 17.0. The van der Waals surface area contributed by atoms with Crippen molar-refractivity contribution in [1.82, 2.24) is 10.2 Å². The van der Waals surface area contributed by atoms with Crippen molar-refractivity contribution in [3.8, 4) is 0 Å². The predicted molar refractivity (Wildman–Crippen MR) is 143 cm³/mol. The Bertz CT molecular complexity index is 1090. The van der Waals surface area contributed by atoms with Gasteiger partial charge in [0.2, 0.25) is 0 Å². The van der Waals surface area contributed by atoms with Crippen LogP contribution in [0.5, 0.6) is 0 Å². The van der Waals surface area contributed by atoms with Crippen LogP contribution in [0.3, 0.4) is 0 Å². The molecule has 0 aliphatic carbocycles. The largest absolute Gasteiger partial charge is 0.423 e. The van der Waals surface area contributed by atoms with E-state index in [1.54, 1.807) is 4.90 Å². The van der Waals surface area contributed by atoms with Crippen LogP contribution in [0.25, 0.3) is 0 Å². The quantitative estimate of drug-likeness (QED) is 0.347. The molecule has 2 aliphatic heterocycles. The SMILES string of the molecule is C.Cc1ccc(N2CCC(CNC(=O)N3CCC(Nc4ccc([N+](=O)[O-])c(C(F)(F)F)c4)CC3)CC2)cc1. The van der Waals surface area contributed by atoms with Crippen LogP contribution in [0.2, 0.25) is 0 Å². The Morgan fingerprint density at radius 1 is 1.03 bits per heavy atom. The van der Waals surface area contributed by atoms with Gasteiger partial charge >= 0.3 is 12.2 Å². The fourth-order valence-corrected chi connectivity index (χ4v) is 4.97. The minimum Gasteiger partial charge on any atom is -0.382 e. The van der Waals surface area contributed by atoms with E-state index < -0.39 is 22.4 Å². The maximum Gasteiger partial charge on any atom is 0.423 e. The molecule has 2 amide bonds. The Balaban J connectivity index is 0.00000400. The third-order valence-electron chi connectivity index (χ3n) is 7.21. The van der Waals surface area contributed by atoms with Gasteiger partial charge in [0.05, 0.1) is 4.92 Å². The third-order valence-corrected chi connectivity index (χ3v) is 7.21. The molecule has 2 aromatic carbocycles. The summed E-state index contributed by atoms with van der Waals surface area (Å²) >= 11 is 0. The maximum absolute atomic E-state index is 13.2. The summed E-state index contributed by atoms with van der Waals surface area (Å²) in [6.45, 7) is 5.58. The van der Waals surface area contributed by atoms with Crippen LogP contribution in [0, 0.1) is 23.0 Å². The molecule has 4 rings (SSSR count). The summed E-state index contributed by atoms with van der Waals surface area (Å²) in [7, 11) is 0. The molecule has 2 fully saturated rings. The number of rotatable bonds is 6. The molecular weight excluding hydrogens is 499 g/mol. The van der Waals surface area contributed by atoms with Gasteiger partial charge in [0.25, 0.3) is 5.69 Å². The average molecular weight is 536 g/mol. The topological polar surface area (TPSA) is 90.8 Å². The molecule has 0 unspecified atom stereocenters. The van der Waals surface area contributed by atoms with Crippen molar-refractivity contribution in [2.75, 3.05) is 42.9 Å². The first-order chi connectivity index (χ1) is 17.6. The summed E-state index contributed by atoms with van der Waals surface area (Å²) < 4.78 is 39.7. The second kappa shape index (κ2) is 12.4. The molecule has 0 aromatic heterocycles. The molecule has 8 nitrogen and oxygen atoms in total. The highest BCUT2D eigenvalue weighted by atomic mass is 19.4. The highest BCUT2D eigenvalue weighted by molar-refractivity contribution is 5.74. The number of likely N-dealkylation sites (tertiary alicyclic amines) is 1. The second-order valence-corrected chi connectivity index (χ2v) is 9.84. The van der Waals surface area contributed by atoms with Gasteiger partial charge in [-0.2, -0.15) is 13.2 Å². The Morgan fingerprint density at radius 3 is 2.24 bits per heavy atom. The smallest absolute Gasteiger partial charge is 0.382 e. The molecule has 208 valence electrons. The van der Waals surface area contributed by atoms with Gasteiger partial charge in [-0.1, -0.05) is 25.1 Å². The zero-order valence-corrected chi connectivity index (χ0v) is 20.8. The van der Waals surface area contributed by atoms with E-state index in [4.69, 9.17) is 0 Å². The standard InChI is InChI=1S/C26H32F3N5O3.CH4/c1-18-2-5-22(6-3-18)32-12-8-19(9-13-32)17-30-25(35)33-14-10-20(11-15-33)31-21-4-7-24(34(36)37)23(16-21)26(27,28)29;/h2-7,16,19-20,31H,8-15,17H2,1H3,(H,30,35);1H4. The number of amides is 2. The van der Waals surface area contributed by atoms with Crippen molar-refractivity contribution >= 4 is 23.1 Å². The van der Waals surface area contributed by atoms with Crippen molar-refractivity contribution in [1.29, 1.82) is 0 Å². The van der Waals surface area contributed by atoms with Crippen LogP contribution in [0.1, 0.15) is 44.2 Å². The molecule has 38 heavy (non-hydrogen) atoms. The van der Waals surface area contributed by atoms with Gasteiger partial charge in [-0.05, 0) is 62.8 Å². The number of urea groups is 1. The zero-order chi connectivity index (χ0) is 26.6. The van der Waals surface area contributed by atoms with Crippen LogP contribution in [-0.4, -0.2) is 54.6 Å². The number of nitro groups is 1. The highest BCUT2D eigenvalue weighted by Gasteiger charge is 2.38. The molecule has 2 saturated heterocycles. The van der Waals surface area contributed by atoms with E-state index >= 15 is 0 Å². The molecule has 0 bridgehead atoms. The van der Waals surface area contributed by atoms with Gasteiger partial charge in [0, 0.05) is 56.2 Å². The number of carbonyl (C=O) groups excluding carboxylic acids is 1. The number of nitrogens with zero attached hydrogens (tertiary/aromatic N) is 3. The van der Waals surface area contributed by atoms with Gasteiger partial charge in [-0.25, -0.2) is 4.79 Å². The van der Waals surface area contributed by atoms with Crippen molar-refractivity contribution in [2.24, 2.45) is 5.92 Å². The minimum atomic E-state index is -4.82. The molecule has 2 aliphatic rings. The van der Waals surface area contributed by atoms with Crippen LogP contribution >= 0.6 is 0 Å². The summed E-state index contributed by atoms with van der Waals surface area (Å²) in [4.78, 5) is 26.7. The van der Waals surface area contributed by atoms with Gasteiger partial charge < -0.3 is 20.4 Å². The lowest BCUT2D eigenvalue weighted by Crippen LogP contribution is -2.48. The number of hydrogen-bond acceptors (Lipinski definition) is 5. The van der Waals surface area contributed by atoms with E-state index in [0.717, 1.165) is 38.1 Å². The number of aryl methyl sites for hydroxylation is 1. The van der Waals surface area contributed by atoms with Crippen molar-refractivity contribution in [2.45, 2.75) is 52.3 Å². The molecule has 0 spiro atoms. The second-order valence-electron chi connectivity index (χ2n) is 9.84. The van der Waals surface area contributed by atoms with Gasteiger partial charge in [-0.3, -0.25) is 10.1 Å². The number of hydrogen-bond donors (Lipinski definition) is 2. The van der Waals surface area contributed by atoms with Gasteiger partial charge in [-0.15, -0.1) is 0 Å². The number of benzene rings is 2. The number of alkyl halides is 3. The predicted octanol–water partition coefficient (Wildman–Crippen LogP) is 6.06. The first-order valence-corrected chi connectivity index (χ1v) is 12.6. The van der Waals surface area contributed by atoms with Gasteiger partial charge in [0.1, 0.15) is 5.56 Å². The Kier molecular flexibility index (Phi) is 9.45. The lowest BCUT2D eigenvalue weighted by molar-refractivity contribution is -0.388. The number of nitro benzene ring substituents is 1. The molecule has 2 heterocycles. The summed E-state index contributed by atoms with van der Waals surface area (Å²) in [5.41, 5.74) is 0.406. The molecular formula is C27H36F3N5O3. The van der Waals surface area contributed by atoms with Crippen LogP contribution in [-0.2, 0) is 6.18 Å². The van der Waals surface area contributed by atoms with E-state index in [-0.39, 0.29) is 25.2 Å². The van der Waals surface area contributed by atoms with E-state index in [1.807, 2.05) is 0 Å². The first-order valence-electron chi connectivity index (χ1n) is 12.6. The molecule has 11 heteroatoms. The van der Waals surface area contributed by atoms with E-state index in [2.05, 4.69) is 46.7 Å². The molecule has 0 radical (unpaired) electrons. The van der Waals surface area contributed by atoms with Crippen LogP contribution < -0.4 is 15.5 Å². The van der Waals surface area contributed by atoms with Crippen LogP contribution in [0.15, 0.2) is 42.5 Å². The fraction of sp³-hybridized carbons (Fsp3) is 0.519. The maximum atomic E-state index is 13.2. The first kappa shape index (κ1) is 29.1. The minimum absolute atomic E-state index is 0. The molecule has 2 N–H and O–H groups in total. The van der Waals surface area contributed by atoms with Crippen molar-refractivity contribution in [3.63, 3.8) is 0 Å². The van der Waals surface area contributed by atoms with Crippen LogP contribution in [0.4, 0.5) is 35.0 Å². The normalized spacial score (nSPS) is 17.1. The summed E-state index contributed by atoms with van der Waals surface area (Å²) in [6.07, 6.45) is -1.66. The number of halogens is 3. The lowest BCUT2D eigenvalue weighted by atomic mass is 9.96. The van der Waals surface area contributed by atoms with Crippen molar-refractivity contribution < 1.29 is 22.9 Å². The van der Waals surface area contributed by atoms with E-state index in [9.17, 15) is 28.1 Å². The summed E-state index contributed by atoms with van der Waals surface area (Å²) in [5.74, 6) is 0.426. The third kappa shape index (κ3) is 7.29. The Morgan fingerprint density at radius 2 is 1.66 bits per heavy atom. The molecule has 0 atom stereocenters. The number of nitrogens with one attached hydrogen (secondary N) is 2. The lowest BCUT2D eigenvalue weighted by Gasteiger charge is -2.35. The monoisotopic (exact) mass is 535 g/mol. The van der Waals surface area contributed by atoms with E-state index in [0.29, 0.717) is 38.4 Å². The molecule has 0 saturated carbocycles. The Labute approximate surface area is 221 Å². The van der Waals surface area contributed by atoms with Gasteiger partial charge in [0.15, 0.2) is 0 Å². The van der Waals surface area contributed by atoms with Crippen molar-refractivity contribution in [3.05, 3.63) is 63.7 Å². The number of piperidine rings is 2. The van der Waals surface area contributed by atoms with E-state index in [1.165, 1.54) is 17.3 Å². The fourth-order valence-electron chi connectivity index (χ4n) is 4.97. The summed E-state index contributed by atoms with van der Waals surface area (Å²) in [6, 6.07) is 11.2. The Hall–Kier alpha value is -3.50.